The number of aryl methyl sites for hydroxylation is 2. The molecule has 0 spiro atoms. The van der Waals surface area contributed by atoms with E-state index in [-0.39, 0.29) is 0 Å². The second-order valence-electron chi connectivity index (χ2n) is 19.8. The molecule has 0 saturated heterocycles. The third kappa shape index (κ3) is 6.61. The molecule has 0 aliphatic heterocycles. The number of nitrogens with zero attached hydrogens (tertiary/aromatic N) is 2. The molecular weight excluding hydrogens is 929 g/mol. The lowest BCUT2D eigenvalue weighted by Gasteiger charge is -2.09. The van der Waals surface area contributed by atoms with E-state index in [2.05, 4.69) is 211 Å². The van der Waals surface area contributed by atoms with E-state index in [1.54, 1.807) is 6.08 Å². The molecule has 0 atom stereocenters. The fourth-order valence-electron chi connectivity index (χ4n) is 12.0. The summed E-state index contributed by atoms with van der Waals surface area (Å²) in [4.78, 5) is 0. The average Bonchev–Trinajstić information content (AvgIpc) is 4.31. The Morgan fingerprint density at radius 2 is 1.17 bits per heavy atom. The minimum absolute atomic E-state index is 0.823. The van der Waals surface area contributed by atoms with Gasteiger partial charge in [-0.2, -0.15) is 0 Å². The zero-order valence-corrected chi connectivity index (χ0v) is 41.7. The van der Waals surface area contributed by atoms with Crippen molar-refractivity contribution in [3.63, 3.8) is 0 Å². The Labute approximate surface area is 437 Å². The number of aromatic nitrogens is 2. The molecule has 5 heteroatoms. The summed E-state index contributed by atoms with van der Waals surface area (Å²) in [5.74, 6) is 0.988. The highest BCUT2D eigenvalue weighted by atomic mass is 16.3. The number of furan rings is 3. The van der Waals surface area contributed by atoms with Crippen LogP contribution in [0.15, 0.2) is 233 Å². The molecule has 5 aromatic heterocycles. The van der Waals surface area contributed by atoms with Gasteiger partial charge in [0.05, 0.1) is 33.1 Å². The van der Waals surface area contributed by atoms with Crippen molar-refractivity contribution >= 4 is 110 Å². The normalized spacial score (nSPS) is 12.4. The zero-order chi connectivity index (χ0) is 50.6. The van der Waals surface area contributed by atoms with Gasteiger partial charge in [-0.05, 0) is 126 Å². The van der Waals surface area contributed by atoms with E-state index in [9.17, 15) is 0 Å². The summed E-state index contributed by atoms with van der Waals surface area (Å²) in [6.45, 7) is 9.64. The number of allylic oxidation sites excluding steroid dienone is 3. The largest absolute Gasteiger partial charge is 0.456 e. The molecule has 0 unspecified atom stereocenters. The molecule has 1 aliphatic carbocycles. The van der Waals surface area contributed by atoms with Crippen molar-refractivity contribution in [1.29, 1.82) is 0 Å². The van der Waals surface area contributed by atoms with E-state index in [0.29, 0.717) is 0 Å². The molecule has 0 fully saturated rings. The molecule has 5 nitrogen and oxygen atoms in total. The zero-order valence-electron chi connectivity index (χ0n) is 41.7. The minimum Gasteiger partial charge on any atom is -0.456 e. The Balaban J connectivity index is 0.000000413. The van der Waals surface area contributed by atoms with Gasteiger partial charge >= 0.3 is 0 Å². The highest BCUT2D eigenvalue weighted by Gasteiger charge is 2.22. The molecule has 0 saturated carbocycles. The lowest BCUT2D eigenvalue weighted by atomic mass is 9.97. The van der Waals surface area contributed by atoms with Crippen LogP contribution < -0.4 is 0 Å². The van der Waals surface area contributed by atoms with Gasteiger partial charge < -0.3 is 22.4 Å². The fraction of sp³-hybridized carbons (Fsp3) is 0.0423. The van der Waals surface area contributed by atoms with Crippen molar-refractivity contribution in [3.05, 3.63) is 254 Å². The summed E-state index contributed by atoms with van der Waals surface area (Å²) in [5, 5.41) is 10.1. The monoisotopic (exact) mass is 974 g/mol. The van der Waals surface area contributed by atoms with E-state index >= 15 is 0 Å². The van der Waals surface area contributed by atoms with Crippen molar-refractivity contribution in [2.24, 2.45) is 0 Å². The van der Waals surface area contributed by atoms with Crippen LogP contribution >= 0.6 is 0 Å². The van der Waals surface area contributed by atoms with Crippen LogP contribution in [0.1, 0.15) is 28.9 Å². The first-order valence-corrected chi connectivity index (χ1v) is 25.8. The molecule has 15 aromatic rings. The van der Waals surface area contributed by atoms with Gasteiger partial charge in [-0.1, -0.05) is 153 Å². The summed E-state index contributed by atoms with van der Waals surface area (Å²) < 4.78 is 24.6. The Morgan fingerprint density at radius 3 is 1.97 bits per heavy atom. The van der Waals surface area contributed by atoms with Crippen LogP contribution in [0.2, 0.25) is 0 Å². The van der Waals surface area contributed by atoms with Gasteiger partial charge in [0.2, 0.25) is 0 Å². The first-order chi connectivity index (χ1) is 37.5. The first kappa shape index (κ1) is 43.6. The predicted octanol–water partition coefficient (Wildman–Crippen LogP) is 19.5. The summed E-state index contributed by atoms with van der Waals surface area (Å²) in [7, 11) is 0. The average molecular weight is 975 g/mol. The van der Waals surface area contributed by atoms with E-state index < -0.39 is 0 Å². The lowest BCUT2D eigenvalue weighted by molar-refractivity contribution is 0.596. The van der Waals surface area contributed by atoms with Gasteiger partial charge in [-0.25, -0.2) is 0 Å². The number of hydrogen-bond acceptors (Lipinski definition) is 3. The standard InChI is InChI=1S/C60H34N2O3.C11H12/c1-5-21-50-40(12-1)47-32-35(38-16-9-18-44-42-14-3-7-24-55(42)63-58(38)44)26-29-52(47)61(50)37-28-31-57-49(34-37)46-20-11-23-54(60(46)65-57)62-51-22-6-2-13-41(51)48-33-36(27-30-53(48)62)39-17-10-19-45-43-15-4-8-25-56(43)64-59(39)45;1-4-9(2)11-8-6-5-7-10(11)3/h1-2,4-9,11-13,15-18,20-34H,3,14H2;4-8H,1-2H2,3H3. The van der Waals surface area contributed by atoms with Crippen LogP contribution in [0.4, 0.5) is 0 Å². The summed E-state index contributed by atoms with van der Waals surface area (Å²) >= 11 is 0. The van der Waals surface area contributed by atoms with Crippen molar-refractivity contribution in [3.8, 4) is 33.6 Å². The van der Waals surface area contributed by atoms with Crippen LogP contribution in [0.3, 0.4) is 0 Å². The van der Waals surface area contributed by atoms with E-state index in [0.717, 1.165) is 135 Å². The second kappa shape index (κ2) is 17.0. The minimum atomic E-state index is 0.823. The topological polar surface area (TPSA) is 49.3 Å². The third-order valence-electron chi connectivity index (χ3n) is 15.6. The molecule has 10 aromatic carbocycles. The van der Waals surface area contributed by atoms with Gasteiger partial charge in [0.15, 0.2) is 11.2 Å². The van der Waals surface area contributed by atoms with Crippen molar-refractivity contribution in [1.82, 2.24) is 9.13 Å². The Bertz CT molecular complexity index is 4940. The summed E-state index contributed by atoms with van der Waals surface area (Å²) in [6, 6.07) is 75.4. The maximum Gasteiger partial charge on any atom is 0.159 e. The maximum atomic E-state index is 6.89. The van der Waals surface area contributed by atoms with Crippen molar-refractivity contribution < 1.29 is 13.3 Å². The summed E-state index contributed by atoms with van der Waals surface area (Å²) in [6.07, 6.45) is 8.17. The summed E-state index contributed by atoms with van der Waals surface area (Å²) in [5.41, 5.74) is 20.0. The number of hydrogen-bond donors (Lipinski definition) is 0. The number of rotatable bonds is 6. The Kier molecular flexibility index (Phi) is 9.76. The third-order valence-corrected chi connectivity index (χ3v) is 15.6. The van der Waals surface area contributed by atoms with Gasteiger partial charge in [0, 0.05) is 71.5 Å². The van der Waals surface area contributed by atoms with Crippen LogP contribution in [0, 0.1) is 19.1 Å². The Hall–Kier alpha value is -10.0. The Morgan fingerprint density at radius 1 is 0.526 bits per heavy atom. The van der Waals surface area contributed by atoms with E-state index in [1.165, 1.54) is 38.2 Å². The van der Waals surface area contributed by atoms with E-state index in [4.69, 9.17) is 13.3 Å². The van der Waals surface area contributed by atoms with Crippen LogP contribution in [0.25, 0.3) is 144 Å². The highest BCUT2D eigenvalue weighted by molar-refractivity contribution is 6.16. The molecule has 0 N–H and O–H groups in total. The predicted molar refractivity (Wildman–Crippen MR) is 316 cm³/mol. The number of para-hydroxylation sites is 5. The van der Waals surface area contributed by atoms with Gasteiger partial charge in [0.1, 0.15) is 22.5 Å². The van der Waals surface area contributed by atoms with Gasteiger partial charge in [-0.15, -0.1) is 0 Å². The maximum absolute atomic E-state index is 6.89. The molecule has 0 amide bonds. The molecule has 0 radical (unpaired) electrons. The molecule has 358 valence electrons. The van der Waals surface area contributed by atoms with Crippen molar-refractivity contribution in [2.75, 3.05) is 0 Å². The SMILES string of the molecule is C=CC(=C)c1ccccc1C.c1cc(-c2ccc3c(c2)c2ccccc2n3-c2cccc3c2oc2ccc(-n4c5ccccc5c5cc(-c6cccc7c8c(oc67)C=CCC8)ccc54)cc23)c2oc3ccccc3c2c#1. The van der Waals surface area contributed by atoms with Gasteiger partial charge in [0.25, 0.3) is 0 Å². The molecule has 76 heavy (non-hydrogen) atoms. The van der Waals surface area contributed by atoms with Gasteiger partial charge in [-0.3, -0.25) is 0 Å². The fourth-order valence-corrected chi connectivity index (χ4v) is 12.0. The second-order valence-corrected chi connectivity index (χ2v) is 19.8. The highest BCUT2D eigenvalue weighted by Crippen LogP contribution is 2.44. The van der Waals surface area contributed by atoms with Crippen molar-refractivity contribution in [2.45, 2.75) is 19.8 Å². The first-order valence-electron chi connectivity index (χ1n) is 25.8. The number of benzene rings is 9. The number of fused-ring (bicyclic) bond motifs is 15. The van der Waals surface area contributed by atoms with Crippen LogP contribution in [-0.4, -0.2) is 9.13 Å². The molecule has 16 rings (SSSR count). The molecule has 0 bridgehead atoms. The quantitative estimate of drug-likeness (QED) is 0.156. The molecular formula is C71H46N2O3. The van der Waals surface area contributed by atoms with Crippen LogP contribution in [-0.2, 0) is 6.42 Å². The lowest BCUT2D eigenvalue weighted by Crippen LogP contribution is -1.94. The van der Waals surface area contributed by atoms with E-state index in [1.807, 2.05) is 36.4 Å². The smallest absolute Gasteiger partial charge is 0.159 e. The molecule has 5 heterocycles. The molecule has 1 aliphatic rings. The van der Waals surface area contributed by atoms with Crippen LogP contribution in [0.5, 0.6) is 0 Å².